The lowest BCUT2D eigenvalue weighted by atomic mass is 10.2. The van der Waals surface area contributed by atoms with Gasteiger partial charge < -0.3 is 14.4 Å². The average molecular weight is 311 g/mol. The Hall–Kier alpha value is -1.27. The minimum absolute atomic E-state index is 0.0146. The van der Waals surface area contributed by atoms with E-state index in [0.29, 0.717) is 24.1 Å². The molecule has 4 nitrogen and oxygen atoms in total. The van der Waals surface area contributed by atoms with E-state index in [9.17, 15) is 4.79 Å². The van der Waals surface area contributed by atoms with E-state index in [1.165, 1.54) is 11.8 Å². The van der Waals surface area contributed by atoms with E-state index >= 15 is 0 Å². The van der Waals surface area contributed by atoms with Gasteiger partial charge in [-0.1, -0.05) is 42.1 Å². The molecule has 1 atom stereocenters. The van der Waals surface area contributed by atoms with Crippen molar-refractivity contribution >= 4 is 34.5 Å². The lowest BCUT2D eigenvalue weighted by molar-refractivity contribution is 0.0989. The molecule has 0 spiro atoms. The van der Waals surface area contributed by atoms with Crippen LogP contribution in [-0.2, 0) is 16.1 Å². The van der Waals surface area contributed by atoms with Crippen molar-refractivity contribution in [2.45, 2.75) is 19.1 Å². The van der Waals surface area contributed by atoms with Gasteiger partial charge in [0.1, 0.15) is 12.7 Å². The molecule has 2 rings (SSSR count). The Bertz CT molecular complexity index is 467. The lowest BCUT2D eigenvalue weighted by Crippen LogP contribution is -2.30. The molecule has 1 saturated heterocycles. The van der Waals surface area contributed by atoms with E-state index in [1.54, 1.807) is 4.90 Å². The summed E-state index contributed by atoms with van der Waals surface area (Å²) in [7, 11) is 0. The van der Waals surface area contributed by atoms with Gasteiger partial charge in [0, 0.05) is 13.0 Å². The summed E-state index contributed by atoms with van der Waals surface area (Å²) in [6.45, 7) is 1.48. The molecule has 1 fully saturated rings. The maximum Gasteiger partial charge on any atom is 0.410 e. The van der Waals surface area contributed by atoms with Gasteiger partial charge in [-0.25, -0.2) is 4.79 Å². The number of thiocarbonyl (C=S) groups is 1. The van der Waals surface area contributed by atoms with Crippen LogP contribution >= 0.6 is 24.0 Å². The van der Waals surface area contributed by atoms with Crippen molar-refractivity contribution in [3.05, 3.63) is 35.9 Å². The van der Waals surface area contributed by atoms with Gasteiger partial charge in [-0.2, -0.15) is 0 Å². The maximum absolute atomic E-state index is 11.9. The predicted molar refractivity (Wildman–Crippen MR) is 83.8 cm³/mol. The van der Waals surface area contributed by atoms with E-state index in [1.807, 2.05) is 36.6 Å². The zero-order chi connectivity index (χ0) is 14.4. The monoisotopic (exact) mass is 311 g/mol. The number of hydrogen-bond acceptors (Lipinski definition) is 5. The number of likely N-dealkylation sites (tertiary alicyclic amines) is 1. The molecule has 1 amide bonds. The van der Waals surface area contributed by atoms with E-state index in [2.05, 4.69) is 0 Å². The van der Waals surface area contributed by atoms with Crippen molar-refractivity contribution in [3.63, 3.8) is 0 Å². The molecule has 0 radical (unpaired) electrons. The molecule has 6 heteroatoms. The number of amides is 1. The molecule has 1 aromatic carbocycles. The highest BCUT2D eigenvalue weighted by Crippen LogP contribution is 2.17. The van der Waals surface area contributed by atoms with Gasteiger partial charge in [0.2, 0.25) is 4.38 Å². The van der Waals surface area contributed by atoms with E-state index in [-0.39, 0.29) is 12.2 Å². The van der Waals surface area contributed by atoms with Gasteiger partial charge in [0.05, 0.1) is 6.54 Å². The van der Waals surface area contributed by atoms with E-state index in [4.69, 9.17) is 21.7 Å². The first-order valence-corrected chi connectivity index (χ1v) is 8.02. The number of ether oxygens (including phenoxy) is 2. The summed E-state index contributed by atoms with van der Waals surface area (Å²) in [5.41, 5.74) is 0.983. The number of carbonyl (C=O) groups is 1. The average Bonchev–Trinajstić information content (AvgIpc) is 2.94. The zero-order valence-electron chi connectivity index (χ0n) is 11.3. The highest BCUT2D eigenvalue weighted by atomic mass is 32.2. The van der Waals surface area contributed by atoms with Crippen LogP contribution in [0.3, 0.4) is 0 Å². The van der Waals surface area contributed by atoms with Crippen LogP contribution in [0.2, 0.25) is 0 Å². The minimum atomic E-state index is -0.296. The second-order valence-electron chi connectivity index (χ2n) is 4.47. The topological polar surface area (TPSA) is 38.8 Å². The number of carbonyl (C=O) groups excluding carboxylic acids is 1. The molecule has 0 aromatic heterocycles. The van der Waals surface area contributed by atoms with Gasteiger partial charge in [0.15, 0.2) is 0 Å². The molecule has 0 N–H and O–H groups in total. The zero-order valence-corrected chi connectivity index (χ0v) is 12.9. The lowest BCUT2D eigenvalue weighted by Gasteiger charge is -2.16. The minimum Gasteiger partial charge on any atom is -0.473 e. The van der Waals surface area contributed by atoms with Crippen LogP contribution in [0.4, 0.5) is 4.79 Å². The van der Waals surface area contributed by atoms with Crippen molar-refractivity contribution in [2.75, 3.05) is 19.3 Å². The molecular weight excluding hydrogens is 294 g/mol. The number of benzene rings is 1. The van der Waals surface area contributed by atoms with Crippen molar-refractivity contribution in [2.24, 2.45) is 0 Å². The van der Waals surface area contributed by atoms with Crippen LogP contribution < -0.4 is 0 Å². The van der Waals surface area contributed by atoms with Crippen molar-refractivity contribution < 1.29 is 14.3 Å². The molecule has 1 aromatic rings. The maximum atomic E-state index is 11.9. The highest BCUT2D eigenvalue weighted by Gasteiger charge is 2.29. The molecule has 1 unspecified atom stereocenters. The number of hydrogen-bond donors (Lipinski definition) is 0. The smallest absolute Gasteiger partial charge is 0.410 e. The Morgan fingerprint density at radius 3 is 2.90 bits per heavy atom. The highest BCUT2D eigenvalue weighted by molar-refractivity contribution is 8.22. The standard InChI is InChI=1S/C14H17NO3S2/c1-20-14(19)18-12-7-8-15(9-12)13(16)17-10-11-5-3-2-4-6-11/h2-6,12H,7-10H2,1H3. The van der Waals surface area contributed by atoms with E-state index < -0.39 is 0 Å². The first kappa shape index (κ1) is 15.1. The molecule has 108 valence electrons. The van der Waals surface area contributed by atoms with Gasteiger partial charge in [-0.3, -0.25) is 0 Å². The SMILES string of the molecule is CSC(=S)OC1CCN(C(=O)OCc2ccccc2)C1. The third-order valence-electron chi connectivity index (χ3n) is 3.04. The summed E-state index contributed by atoms with van der Waals surface area (Å²) in [5, 5.41) is 0. The fraction of sp³-hybridized carbons (Fsp3) is 0.429. The van der Waals surface area contributed by atoms with Crippen LogP contribution in [0.15, 0.2) is 30.3 Å². The summed E-state index contributed by atoms with van der Waals surface area (Å²) in [6, 6.07) is 9.64. The summed E-state index contributed by atoms with van der Waals surface area (Å²) in [4.78, 5) is 13.6. The third kappa shape index (κ3) is 4.38. The number of thioether (sulfide) groups is 1. The molecule has 1 heterocycles. The second kappa shape index (κ2) is 7.50. The number of nitrogens with zero attached hydrogens (tertiary/aromatic N) is 1. The molecule has 0 bridgehead atoms. The third-order valence-corrected chi connectivity index (χ3v) is 4.06. The molecule has 0 saturated carbocycles. The Balaban J connectivity index is 1.75. The van der Waals surface area contributed by atoms with Gasteiger partial charge in [0.25, 0.3) is 0 Å². The Morgan fingerprint density at radius 1 is 1.45 bits per heavy atom. The fourth-order valence-corrected chi connectivity index (χ4v) is 2.35. The fourth-order valence-electron chi connectivity index (χ4n) is 1.99. The summed E-state index contributed by atoms with van der Waals surface area (Å²) in [6.07, 6.45) is 2.36. The molecule has 20 heavy (non-hydrogen) atoms. The summed E-state index contributed by atoms with van der Waals surface area (Å²) < 4.78 is 11.4. The van der Waals surface area contributed by atoms with Crippen LogP contribution in [-0.4, -0.2) is 40.8 Å². The molecule has 1 aliphatic heterocycles. The van der Waals surface area contributed by atoms with Crippen molar-refractivity contribution in [1.29, 1.82) is 0 Å². The molecule has 1 aliphatic rings. The Morgan fingerprint density at radius 2 is 2.20 bits per heavy atom. The normalized spacial score (nSPS) is 17.9. The summed E-state index contributed by atoms with van der Waals surface area (Å²) in [5.74, 6) is 0. The van der Waals surface area contributed by atoms with Crippen LogP contribution in [0, 0.1) is 0 Å². The number of rotatable bonds is 3. The predicted octanol–water partition coefficient (Wildman–Crippen LogP) is 3.06. The van der Waals surface area contributed by atoms with Gasteiger partial charge in [-0.15, -0.1) is 0 Å². The first-order valence-electron chi connectivity index (χ1n) is 6.39. The van der Waals surface area contributed by atoms with E-state index in [0.717, 1.165) is 12.0 Å². The second-order valence-corrected chi connectivity index (χ2v) is 5.88. The Labute approximate surface area is 128 Å². The van der Waals surface area contributed by atoms with Crippen LogP contribution in [0.25, 0.3) is 0 Å². The Kier molecular flexibility index (Phi) is 5.67. The van der Waals surface area contributed by atoms with Gasteiger partial charge in [-0.05, 0) is 24.0 Å². The largest absolute Gasteiger partial charge is 0.473 e. The van der Waals surface area contributed by atoms with Crippen molar-refractivity contribution in [3.8, 4) is 0 Å². The first-order chi connectivity index (χ1) is 9.69. The quantitative estimate of drug-likeness (QED) is 0.802. The molecular formula is C14H17NO3S2. The molecule has 0 aliphatic carbocycles. The van der Waals surface area contributed by atoms with Crippen LogP contribution in [0.5, 0.6) is 0 Å². The summed E-state index contributed by atoms with van der Waals surface area (Å²) >= 11 is 6.42. The van der Waals surface area contributed by atoms with Crippen LogP contribution in [0.1, 0.15) is 12.0 Å². The van der Waals surface area contributed by atoms with Crippen molar-refractivity contribution in [1.82, 2.24) is 4.90 Å². The van der Waals surface area contributed by atoms with Gasteiger partial charge >= 0.3 is 6.09 Å².